The molecule has 1 saturated heterocycles. The first-order chi connectivity index (χ1) is 15.2. The molecule has 4 unspecified atom stereocenters. The number of nitrogens with one attached hydrogen (secondary N) is 5. The molecule has 4 atom stereocenters. The lowest BCUT2D eigenvalue weighted by molar-refractivity contribution is -0.115. The van der Waals surface area contributed by atoms with Crippen molar-refractivity contribution in [1.82, 2.24) is 31.0 Å². The predicted molar refractivity (Wildman–Crippen MR) is 121 cm³/mol. The Bertz CT molecular complexity index is 1040. The van der Waals surface area contributed by atoms with Crippen LogP contribution < -0.4 is 21.5 Å². The zero-order chi connectivity index (χ0) is 21.2. The smallest absolute Gasteiger partial charge is 0.231 e. The molecule has 31 heavy (non-hydrogen) atoms. The van der Waals surface area contributed by atoms with Crippen LogP contribution in [-0.2, 0) is 11.2 Å². The van der Waals surface area contributed by atoms with Crippen molar-refractivity contribution < 1.29 is 4.79 Å². The van der Waals surface area contributed by atoms with Crippen LogP contribution in [0.3, 0.4) is 0 Å². The number of hydrogen-bond acceptors (Lipinski definition) is 8. The molecular weight excluding hydrogens is 436 g/mol. The van der Waals surface area contributed by atoms with Gasteiger partial charge in [-0.1, -0.05) is 23.5 Å². The number of H-pyrrole nitrogens is 1. The maximum absolute atomic E-state index is 12.2. The van der Waals surface area contributed by atoms with Gasteiger partial charge in [-0.3, -0.25) is 15.6 Å². The van der Waals surface area contributed by atoms with E-state index in [0.29, 0.717) is 23.5 Å². The van der Waals surface area contributed by atoms with Gasteiger partial charge in [-0.05, 0) is 25.0 Å². The number of benzene rings is 1. The molecule has 2 fully saturated rings. The van der Waals surface area contributed by atoms with Crippen LogP contribution in [0.15, 0.2) is 36.7 Å². The number of hydrazine groups is 1. The first kappa shape index (κ1) is 20.4. The molecule has 2 aromatic heterocycles. The van der Waals surface area contributed by atoms with Crippen molar-refractivity contribution in [3.05, 3.63) is 42.5 Å². The number of anilines is 2. The van der Waals surface area contributed by atoms with E-state index in [4.69, 9.17) is 11.6 Å². The zero-order valence-corrected chi connectivity index (χ0v) is 18.2. The van der Waals surface area contributed by atoms with Gasteiger partial charge in [-0.2, -0.15) is 0 Å². The third kappa shape index (κ3) is 4.57. The van der Waals surface area contributed by atoms with E-state index in [2.05, 4.69) is 41.7 Å². The lowest BCUT2D eigenvalue weighted by Crippen LogP contribution is -2.47. The second-order valence-corrected chi connectivity index (χ2v) is 9.30. The summed E-state index contributed by atoms with van der Waals surface area (Å²) in [4.78, 5) is 19.2. The zero-order valence-electron chi connectivity index (χ0n) is 16.6. The van der Waals surface area contributed by atoms with E-state index in [1.165, 1.54) is 11.3 Å². The summed E-state index contributed by atoms with van der Waals surface area (Å²) < 4.78 is 0. The van der Waals surface area contributed by atoms with Gasteiger partial charge in [-0.15, -0.1) is 21.8 Å². The van der Waals surface area contributed by atoms with Crippen molar-refractivity contribution in [2.45, 2.75) is 36.7 Å². The van der Waals surface area contributed by atoms with Crippen molar-refractivity contribution in [3.63, 3.8) is 0 Å². The standard InChI is InChI=1S/C20H23ClN8OS/c21-18-13-10-24-27-14(13)4-5-15(18)26-20-29-28-19(31-20)11-2-1-3-12(8-11)25-17(30)9-16-22-6-7-23-16/h1-3,6-8,13-15,18,24,27H,4-5,9-10H2,(H,22,23)(H,25,30)(H,26,29). The van der Waals surface area contributed by atoms with Crippen LogP contribution in [0.5, 0.6) is 0 Å². The fourth-order valence-electron chi connectivity index (χ4n) is 4.19. The molecule has 5 N–H and O–H groups in total. The van der Waals surface area contributed by atoms with Gasteiger partial charge < -0.3 is 15.6 Å². The summed E-state index contributed by atoms with van der Waals surface area (Å²) in [6, 6.07) is 8.20. The molecule has 1 aliphatic heterocycles. The minimum atomic E-state index is -0.133. The Morgan fingerprint density at radius 2 is 2.23 bits per heavy atom. The van der Waals surface area contributed by atoms with Crippen molar-refractivity contribution in [2.75, 3.05) is 17.2 Å². The number of imidazole rings is 1. The molecule has 1 saturated carbocycles. The minimum Gasteiger partial charge on any atom is -0.356 e. The van der Waals surface area contributed by atoms with E-state index in [0.717, 1.165) is 35.1 Å². The lowest BCUT2D eigenvalue weighted by atomic mass is 9.82. The summed E-state index contributed by atoms with van der Waals surface area (Å²) in [7, 11) is 0. The number of carbonyl (C=O) groups is 1. The van der Waals surface area contributed by atoms with Crippen LogP contribution in [0, 0.1) is 5.92 Å². The molecule has 5 rings (SSSR count). The van der Waals surface area contributed by atoms with Gasteiger partial charge in [0.05, 0.1) is 11.8 Å². The predicted octanol–water partition coefficient (Wildman–Crippen LogP) is 2.38. The summed E-state index contributed by atoms with van der Waals surface area (Å²) in [5, 5.41) is 16.6. The highest BCUT2D eigenvalue weighted by Gasteiger charge is 2.41. The van der Waals surface area contributed by atoms with Crippen LogP contribution in [-0.4, -0.2) is 50.1 Å². The number of nitrogens with zero attached hydrogens (tertiary/aromatic N) is 3. The third-order valence-corrected chi connectivity index (χ3v) is 7.27. The number of aromatic amines is 1. The van der Waals surface area contributed by atoms with Gasteiger partial charge in [0.25, 0.3) is 0 Å². The average Bonchev–Trinajstić information content (AvgIpc) is 3.52. The van der Waals surface area contributed by atoms with Crippen molar-refractivity contribution in [1.29, 1.82) is 0 Å². The van der Waals surface area contributed by atoms with Gasteiger partial charge in [0.2, 0.25) is 11.0 Å². The summed E-state index contributed by atoms with van der Waals surface area (Å²) in [6.45, 7) is 0.886. The topological polar surface area (TPSA) is 120 Å². The van der Waals surface area contributed by atoms with Crippen LogP contribution >= 0.6 is 22.9 Å². The molecule has 3 aromatic rings. The maximum atomic E-state index is 12.2. The normalized spacial score (nSPS) is 25.2. The SMILES string of the molecule is O=C(Cc1ncc[nH]1)Nc1cccc(-c2nnc(NC3CCC4NNCC4C3Cl)s2)c1. The van der Waals surface area contributed by atoms with E-state index in [9.17, 15) is 4.79 Å². The molecule has 0 bridgehead atoms. The van der Waals surface area contributed by atoms with Gasteiger partial charge in [0.1, 0.15) is 10.8 Å². The number of alkyl halides is 1. The van der Waals surface area contributed by atoms with Crippen molar-refractivity contribution in [2.24, 2.45) is 5.92 Å². The molecule has 2 aliphatic rings. The molecule has 3 heterocycles. The van der Waals surface area contributed by atoms with Crippen molar-refractivity contribution in [3.8, 4) is 10.6 Å². The van der Waals surface area contributed by atoms with Crippen molar-refractivity contribution >= 4 is 39.7 Å². The Morgan fingerprint density at radius 3 is 3.10 bits per heavy atom. The Kier molecular flexibility index (Phi) is 5.86. The van der Waals surface area contributed by atoms with E-state index in [1.54, 1.807) is 12.4 Å². The Hall–Kier alpha value is -2.53. The fraction of sp³-hybridized carbons (Fsp3) is 0.400. The number of halogens is 1. The Labute approximate surface area is 188 Å². The second-order valence-electron chi connectivity index (χ2n) is 7.82. The Balaban J connectivity index is 1.23. The summed E-state index contributed by atoms with van der Waals surface area (Å²) in [5.74, 6) is 0.900. The number of aromatic nitrogens is 4. The van der Waals surface area contributed by atoms with E-state index in [1.807, 2.05) is 24.3 Å². The fourth-order valence-corrected chi connectivity index (χ4v) is 5.44. The highest BCUT2D eigenvalue weighted by molar-refractivity contribution is 7.18. The lowest BCUT2D eigenvalue weighted by Gasteiger charge is -2.35. The molecular formula is C20H23ClN8OS. The second kappa shape index (κ2) is 8.91. The Morgan fingerprint density at radius 1 is 1.29 bits per heavy atom. The van der Waals surface area contributed by atoms with Gasteiger partial charge in [-0.25, -0.2) is 4.98 Å². The maximum Gasteiger partial charge on any atom is 0.231 e. The minimum absolute atomic E-state index is 0.0290. The number of fused-ring (bicyclic) bond motifs is 1. The summed E-state index contributed by atoms with van der Waals surface area (Å²) >= 11 is 8.23. The molecule has 1 amide bonds. The molecule has 0 spiro atoms. The number of amides is 1. The number of hydrogen-bond donors (Lipinski definition) is 5. The molecule has 1 aromatic carbocycles. The van der Waals surface area contributed by atoms with Gasteiger partial charge >= 0.3 is 0 Å². The monoisotopic (exact) mass is 458 g/mol. The summed E-state index contributed by atoms with van der Waals surface area (Å²) in [5.41, 5.74) is 8.13. The van der Waals surface area contributed by atoms with E-state index in [-0.39, 0.29) is 23.7 Å². The number of carbonyl (C=O) groups excluding carboxylic acids is 1. The first-order valence-corrected chi connectivity index (χ1v) is 11.5. The number of rotatable bonds is 6. The van der Waals surface area contributed by atoms with Gasteiger partial charge in [0.15, 0.2) is 0 Å². The van der Waals surface area contributed by atoms with Crippen LogP contribution in [0.1, 0.15) is 18.7 Å². The summed E-state index contributed by atoms with van der Waals surface area (Å²) in [6.07, 6.45) is 5.58. The van der Waals surface area contributed by atoms with E-state index < -0.39 is 0 Å². The van der Waals surface area contributed by atoms with E-state index >= 15 is 0 Å². The molecule has 11 heteroatoms. The highest BCUT2D eigenvalue weighted by Crippen LogP contribution is 2.34. The highest BCUT2D eigenvalue weighted by atomic mass is 35.5. The molecule has 1 aliphatic carbocycles. The van der Waals surface area contributed by atoms with Crippen LogP contribution in [0.2, 0.25) is 0 Å². The largest absolute Gasteiger partial charge is 0.356 e. The molecule has 0 radical (unpaired) electrons. The van der Waals surface area contributed by atoms with Crippen LogP contribution in [0.4, 0.5) is 10.8 Å². The third-order valence-electron chi connectivity index (χ3n) is 5.73. The van der Waals surface area contributed by atoms with Gasteiger partial charge in [0, 0.05) is 48.2 Å². The first-order valence-electron chi connectivity index (χ1n) is 10.3. The average molecular weight is 459 g/mol. The quantitative estimate of drug-likeness (QED) is 0.360. The molecule has 9 nitrogen and oxygen atoms in total. The van der Waals surface area contributed by atoms with Crippen LogP contribution in [0.25, 0.3) is 10.6 Å². The molecule has 162 valence electrons.